The van der Waals surface area contributed by atoms with Crippen LogP contribution in [0.5, 0.6) is 5.75 Å². The van der Waals surface area contributed by atoms with Crippen LogP contribution in [0.25, 0.3) is 0 Å². The standard InChI is InChI=1S/C70H93N7O8/c1-43-13-8-9-34-85-42-51(20-10-14-44(2)60(29-22-43)74-39-46-15-6-5-7-16-46)55-31-33-70(65(55)82)59-28-27-53(79)36-47-17-11-18-48(35-47)37-57(58(40-76-68(72)73)49-23-25-52(78)26-24-49)62(81)41-75-64-63-50(19-12-21-56(63)66(71)77-67(64)83)38-61(80)45(3)54(59)30-32-69(70,4)84/h10-12,14,17-26,35,46,53,55,57-60,62,64-66,74-75,78-79,81-82,84H,2,5-7,13,15-16,27-34,36-42,71H2,1,3-4H3,(H,77,83)(H4,72,73,76)/b14-10+,43-22+,51-20-,54-45?/t53-,55+,57+,58+,59+,60-,62+,64+,65+,66+,69+,70+/m0/s1. The maximum Gasteiger partial charge on any atom is 0.243 e. The first-order valence-electron chi connectivity index (χ1n) is 31.1. The fraction of sp³-hybridized carbons (Fsp3) is 0.529. The zero-order valence-corrected chi connectivity index (χ0v) is 50.2. The van der Waals surface area contributed by atoms with E-state index in [1.165, 1.54) is 37.7 Å². The number of hydrogen-bond donors (Lipinski definition) is 11. The van der Waals surface area contributed by atoms with E-state index in [0.29, 0.717) is 86.0 Å². The first kappa shape index (κ1) is 63.3. The summed E-state index contributed by atoms with van der Waals surface area (Å²) in [5, 5.41) is 71.6. The number of aliphatic imine (C=N–C) groups is 1. The zero-order chi connectivity index (χ0) is 60.4. The number of carbonyl (C=O) groups is 2. The number of nitrogens with one attached hydrogen (secondary N) is 3. The van der Waals surface area contributed by atoms with Crippen LogP contribution in [0.4, 0.5) is 0 Å². The van der Waals surface area contributed by atoms with Crippen molar-refractivity contribution >= 4 is 17.6 Å². The number of carbonyl (C=O) groups excluding carboxylic acids is 2. The number of phenolic OH excluding ortho intramolecular Hbond substituents is 1. The molecule has 456 valence electrons. The number of amides is 1. The average Bonchev–Trinajstić information content (AvgIpc) is 1.75. The van der Waals surface area contributed by atoms with Crippen molar-refractivity contribution in [2.45, 2.75) is 172 Å². The van der Waals surface area contributed by atoms with Crippen LogP contribution in [-0.4, -0.2) is 106 Å². The van der Waals surface area contributed by atoms with Crippen molar-refractivity contribution in [2.75, 3.05) is 32.8 Å². The van der Waals surface area contributed by atoms with E-state index >= 15 is 4.79 Å². The van der Waals surface area contributed by atoms with Crippen molar-refractivity contribution in [1.82, 2.24) is 16.0 Å². The molecule has 1 amide bonds. The number of ketones is 1. The van der Waals surface area contributed by atoms with Gasteiger partial charge in [-0.05, 0) is 178 Å². The molecule has 85 heavy (non-hydrogen) atoms. The molecule has 14 N–H and O–H groups in total. The highest BCUT2D eigenvalue weighted by atomic mass is 16.5. The van der Waals surface area contributed by atoms with E-state index < -0.39 is 71.1 Å². The Hall–Kier alpha value is -6.19. The molecule has 3 saturated carbocycles. The maximum atomic E-state index is 15.3. The number of guanidine groups is 1. The van der Waals surface area contributed by atoms with Gasteiger partial charge in [-0.15, -0.1) is 0 Å². The summed E-state index contributed by atoms with van der Waals surface area (Å²) < 4.78 is 6.31. The number of fused-ring (bicyclic) bond motifs is 4. The van der Waals surface area contributed by atoms with Crippen molar-refractivity contribution in [3.63, 3.8) is 0 Å². The molecule has 15 nitrogen and oxygen atoms in total. The molecule has 9 rings (SSSR count). The molecule has 3 heterocycles. The van der Waals surface area contributed by atoms with Gasteiger partial charge in [-0.25, -0.2) is 0 Å². The van der Waals surface area contributed by atoms with Crippen LogP contribution in [-0.2, 0) is 33.6 Å². The summed E-state index contributed by atoms with van der Waals surface area (Å²) in [6.45, 7) is 11.8. The number of nitrogens with zero attached hydrogens (tertiary/aromatic N) is 1. The van der Waals surface area contributed by atoms with E-state index in [1.807, 2.05) is 62.4 Å². The highest BCUT2D eigenvalue weighted by Crippen LogP contribution is 2.63. The van der Waals surface area contributed by atoms with Gasteiger partial charge >= 0.3 is 0 Å². The van der Waals surface area contributed by atoms with E-state index in [2.05, 4.69) is 64.5 Å². The second-order valence-electron chi connectivity index (χ2n) is 25.6. The van der Waals surface area contributed by atoms with Gasteiger partial charge in [0.15, 0.2) is 11.7 Å². The average molecular weight is 1160 g/mol. The largest absolute Gasteiger partial charge is 0.508 e. The third kappa shape index (κ3) is 15.0. The number of nitrogens with two attached hydrogens (primary N) is 3. The second-order valence-corrected chi connectivity index (χ2v) is 25.6. The molecule has 3 aromatic carbocycles. The van der Waals surface area contributed by atoms with E-state index in [0.717, 1.165) is 46.4 Å². The van der Waals surface area contributed by atoms with Gasteiger partial charge in [0.25, 0.3) is 0 Å². The third-order valence-corrected chi connectivity index (χ3v) is 20.0. The summed E-state index contributed by atoms with van der Waals surface area (Å²) in [7, 11) is 0. The summed E-state index contributed by atoms with van der Waals surface area (Å²) in [6.07, 6.45) is 15.3. The number of aliphatic hydroxyl groups excluding tert-OH is 3. The van der Waals surface area contributed by atoms with Crippen LogP contribution >= 0.6 is 0 Å². The molecular formula is C70H93N7O8. The van der Waals surface area contributed by atoms with Crippen LogP contribution in [0.15, 0.2) is 130 Å². The van der Waals surface area contributed by atoms with Gasteiger partial charge in [0.05, 0.1) is 30.5 Å². The summed E-state index contributed by atoms with van der Waals surface area (Å²) in [4.78, 5) is 33.9. The lowest BCUT2D eigenvalue weighted by atomic mass is 9.52. The monoisotopic (exact) mass is 1160 g/mol. The highest BCUT2D eigenvalue weighted by Gasteiger charge is 2.64. The molecule has 3 fully saturated rings. The van der Waals surface area contributed by atoms with Crippen molar-refractivity contribution in [3.05, 3.63) is 159 Å². The second kappa shape index (κ2) is 28.5. The zero-order valence-electron chi connectivity index (χ0n) is 50.2. The Morgan fingerprint density at radius 1 is 0.941 bits per heavy atom. The number of benzene rings is 3. The lowest BCUT2D eigenvalue weighted by Gasteiger charge is -2.56. The van der Waals surface area contributed by atoms with Gasteiger partial charge in [-0.3, -0.25) is 19.9 Å². The predicted molar refractivity (Wildman–Crippen MR) is 335 cm³/mol. The Balaban J connectivity index is 1.08. The number of aliphatic hydroxyl groups is 4. The lowest BCUT2D eigenvalue weighted by molar-refractivity contribution is -0.168. The number of rotatable bonds is 8. The molecule has 0 unspecified atom stereocenters. The number of phenols is 1. The van der Waals surface area contributed by atoms with Crippen molar-refractivity contribution in [2.24, 2.45) is 51.3 Å². The van der Waals surface area contributed by atoms with E-state index in [9.17, 15) is 30.3 Å². The number of Topliss-reactive ketones (excluding diaryl/α,β-unsaturated/α-hetero) is 1. The lowest BCUT2D eigenvalue weighted by Crippen LogP contribution is -2.59. The first-order valence-corrected chi connectivity index (χ1v) is 31.1. The third-order valence-electron chi connectivity index (χ3n) is 20.0. The predicted octanol–water partition coefficient (Wildman–Crippen LogP) is 7.77. The molecule has 0 aromatic heterocycles. The molecule has 3 aliphatic carbocycles. The fourth-order valence-corrected chi connectivity index (χ4v) is 15.2. The number of hydrogen-bond acceptors (Lipinski definition) is 12. The van der Waals surface area contributed by atoms with Gasteiger partial charge in [0.1, 0.15) is 24.6 Å². The Bertz CT molecular complexity index is 3090. The van der Waals surface area contributed by atoms with Crippen LogP contribution in [0.2, 0.25) is 0 Å². The molecule has 15 heteroatoms. The van der Waals surface area contributed by atoms with E-state index in [1.54, 1.807) is 24.3 Å². The molecule has 12 atom stereocenters. The van der Waals surface area contributed by atoms with E-state index in [-0.39, 0.29) is 56.3 Å². The van der Waals surface area contributed by atoms with Gasteiger partial charge in [0, 0.05) is 49.2 Å². The molecule has 2 bridgehead atoms. The number of β-amino-alcohol motifs (C(OH)–C–C–N with tert-alkyl or cyclic N) is 1. The Morgan fingerprint density at radius 2 is 1.69 bits per heavy atom. The quantitative estimate of drug-likeness (QED) is 0.0446. The van der Waals surface area contributed by atoms with Gasteiger partial charge in [0.2, 0.25) is 5.91 Å². The first-order chi connectivity index (χ1) is 40.8. The molecule has 1 spiro atoms. The molecular weight excluding hydrogens is 1070 g/mol. The molecule has 0 radical (unpaired) electrons. The number of allylic oxidation sites excluding steroid dienone is 5. The number of ether oxygens (including phenoxy) is 1. The van der Waals surface area contributed by atoms with Crippen LogP contribution < -0.4 is 33.2 Å². The topological polar surface area (TPSA) is 271 Å². The highest BCUT2D eigenvalue weighted by molar-refractivity contribution is 5.98. The maximum absolute atomic E-state index is 15.3. The van der Waals surface area contributed by atoms with Crippen LogP contribution in [0, 0.1) is 40.9 Å². The Kier molecular flexibility index (Phi) is 21.3. The van der Waals surface area contributed by atoms with Crippen LogP contribution in [0.3, 0.4) is 0 Å². The summed E-state index contributed by atoms with van der Waals surface area (Å²) in [5.74, 6) is 4.61. The molecule has 3 aromatic rings. The Labute approximate surface area is 503 Å². The SMILES string of the molecule is C=C1/C=C/C=C(\[C@H]2CC[C@@]3([C@@H]4CC[C@H](O)Cc5cccc(c5)C[C@H]([C@H](CN=C(N)N)c5ccc(O)cc5)[C@H](O)CN[C@H]5C(=O)N[C@@H](N)c6cccc(c65)CC(=O)C(C)=C4CC[C@@]3(C)O)[C@@H]2O)COCC#CC/C(C)=C/C[C@@H]1NCC1CCCCC1. The minimum Gasteiger partial charge on any atom is -0.508 e. The smallest absolute Gasteiger partial charge is 0.243 e. The fourth-order valence-electron chi connectivity index (χ4n) is 15.2. The molecule has 0 saturated heterocycles. The van der Waals surface area contributed by atoms with Gasteiger partial charge in [-0.1, -0.05) is 128 Å². The van der Waals surface area contributed by atoms with Gasteiger partial charge < -0.3 is 58.1 Å². The van der Waals surface area contributed by atoms with Crippen molar-refractivity contribution in [3.8, 4) is 17.6 Å². The summed E-state index contributed by atoms with van der Waals surface area (Å²) >= 11 is 0. The minimum absolute atomic E-state index is 0.0426. The van der Waals surface area contributed by atoms with Gasteiger partial charge in [-0.2, -0.15) is 0 Å². The number of aromatic hydroxyl groups is 1. The molecule has 3 aliphatic heterocycles. The minimum atomic E-state index is -1.37. The van der Waals surface area contributed by atoms with E-state index in [4.69, 9.17) is 21.9 Å². The molecule has 6 aliphatic rings. The normalized spacial score (nSPS) is 32.5. The summed E-state index contributed by atoms with van der Waals surface area (Å²) in [6, 6.07) is 19.3. The van der Waals surface area contributed by atoms with Crippen molar-refractivity contribution < 1.29 is 39.9 Å². The Morgan fingerprint density at radius 3 is 2.46 bits per heavy atom. The van der Waals surface area contributed by atoms with Crippen molar-refractivity contribution in [1.29, 1.82) is 0 Å². The summed E-state index contributed by atoms with van der Waals surface area (Å²) in [5.41, 5.74) is 24.8. The van der Waals surface area contributed by atoms with Crippen LogP contribution in [0.1, 0.15) is 156 Å².